The summed E-state index contributed by atoms with van der Waals surface area (Å²) in [5.74, 6) is -2.85. The average molecular weight is 538 g/mol. The van der Waals surface area contributed by atoms with Crippen molar-refractivity contribution in [3.05, 3.63) is 71.8 Å². The lowest BCUT2D eigenvalue weighted by Gasteiger charge is -2.34. The molecule has 212 valence electrons. The zero-order valence-corrected chi connectivity index (χ0v) is 22.9. The number of hydrogen-bond acceptors (Lipinski definition) is 5. The molecule has 8 heteroatoms. The third-order valence-corrected chi connectivity index (χ3v) is 7.95. The van der Waals surface area contributed by atoms with Crippen LogP contribution in [0.25, 0.3) is 0 Å². The lowest BCUT2D eigenvalue weighted by molar-refractivity contribution is -0.158. The summed E-state index contributed by atoms with van der Waals surface area (Å²) in [4.78, 5) is 39.2. The molecule has 1 saturated carbocycles. The van der Waals surface area contributed by atoms with E-state index in [0.717, 1.165) is 36.8 Å². The standard InChI is InChI=1S/C31H43N3O5/c1-23(28(35)34-39)31(38,20-11-18-24-12-5-2-6-13-24)30(37)33-27(22-26-16-9-4-10-17-26)29(36)32-21-19-25-14-7-3-8-15-25/h2-3,5-8,12-15,23,26-27,38-39H,4,9-11,16-22H2,1H3,(H,32,36)(H,33,37)(H,34,35)/t23-,27+,31+/m1/s1. The van der Waals surface area contributed by atoms with Crippen LogP contribution in [0, 0.1) is 11.8 Å². The van der Waals surface area contributed by atoms with E-state index in [9.17, 15) is 24.7 Å². The summed E-state index contributed by atoms with van der Waals surface area (Å²) < 4.78 is 0. The fourth-order valence-electron chi connectivity index (χ4n) is 5.42. The zero-order chi connectivity index (χ0) is 28.1. The van der Waals surface area contributed by atoms with Crippen LogP contribution in [0.3, 0.4) is 0 Å². The van der Waals surface area contributed by atoms with Crippen LogP contribution in [0.5, 0.6) is 0 Å². The summed E-state index contributed by atoms with van der Waals surface area (Å²) in [5, 5.41) is 26.5. The molecule has 3 amide bonds. The molecule has 0 aromatic heterocycles. The molecule has 0 spiro atoms. The van der Waals surface area contributed by atoms with Crippen molar-refractivity contribution in [1.29, 1.82) is 0 Å². The number of carbonyl (C=O) groups is 3. The highest BCUT2D eigenvalue weighted by Gasteiger charge is 2.46. The van der Waals surface area contributed by atoms with Gasteiger partial charge in [-0.2, -0.15) is 0 Å². The molecule has 2 aromatic carbocycles. The number of benzene rings is 2. The molecule has 1 fully saturated rings. The number of carbonyl (C=O) groups excluding carboxylic acids is 3. The van der Waals surface area contributed by atoms with Crippen molar-refractivity contribution >= 4 is 17.7 Å². The van der Waals surface area contributed by atoms with Crippen LogP contribution < -0.4 is 16.1 Å². The molecular formula is C31H43N3O5. The van der Waals surface area contributed by atoms with Gasteiger partial charge in [0.25, 0.3) is 5.91 Å². The maximum atomic E-state index is 13.6. The Kier molecular flexibility index (Phi) is 12.0. The molecule has 0 radical (unpaired) electrons. The molecule has 0 heterocycles. The summed E-state index contributed by atoms with van der Waals surface area (Å²) in [6, 6.07) is 18.7. The minimum Gasteiger partial charge on any atom is -0.379 e. The fraction of sp³-hybridized carbons (Fsp3) is 0.516. The first kappa shape index (κ1) is 30.3. The zero-order valence-electron chi connectivity index (χ0n) is 22.9. The molecule has 1 aliphatic carbocycles. The summed E-state index contributed by atoms with van der Waals surface area (Å²) in [6.45, 7) is 1.83. The van der Waals surface area contributed by atoms with E-state index in [1.807, 2.05) is 60.7 Å². The van der Waals surface area contributed by atoms with E-state index in [2.05, 4.69) is 10.6 Å². The highest BCUT2D eigenvalue weighted by molar-refractivity contribution is 5.95. The highest BCUT2D eigenvalue weighted by atomic mass is 16.5. The molecule has 1 aliphatic rings. The van der Waals surface area contributed by atoms with Crippen LogP contribution in [0.1, 0.15) is 69.4 Å². The van der Waals surface area contributed by atoms with Crippen LogP contribution in [-0.4, -0.2) is 46.2 Å². The van der Waals surface area contributed by atoms with Gasteiger partial charge in [-0.25, -0.2) is 5.48 Å². The van der Waals surface area contributed by atoms with Crippen LogP contribution in [-0.2, 0) is 27.2 Å². The summed E-state index contributed by atoms with van der Waals surface area (Å²) in [7, 11) is 0. The minimum absolute atomic E-state index is 0.00586. The molecule has 0 saturated heterocycles. The van der Waals surface area contributed by atoms with Gasteiger partial charge < -0.3 is 15.7 Å². The second kappa shape index (κ2) is 15.4. The van der Waals surface area contributed by atoms with E-state index in [-0.39, 0.29) is 12.3 Å². The second-order valence-electron chi connectivity index (χ2n) is 10.8. The smallest absolute Gasteiger partial charge is 0.253 e. The first-order valence-corrected chi connectivity index (χ1v) is 14.2. The number of hydroxylamine groups is 1. The first-order valence-electron chi connectivity index (χ1n) is 14.2. The predicted octanol–water partition coefficient (Wildman–Crippen LogP) is 3.70. The van der Waals surface area contributed by atoms with Gasteiger partial charge in [-0.3, -0.25) is 19.6 Å². The van der Waals surface area contributed by atoms with Crippen LogP contribution in [0.15, 0.2) is 60.7 Å². The monoisotopic (exact) mass is 537 g/mol. The van der Waals surface area contributed by atoms with Crippen molar-refractivity contribution in [3.63, 3.8) is 0 Å². The minimum atomic E-state index is -2.10. The molecule has 2 aromatic rings. The van der Waals surface area contributed by atoms with E-state index in [4.69, 9.17) is 0 Å². The van der Waals surface area contributed by atoms with Gasteiger partial charge in [0.05, 0.1) is 5.92 Å². The van der Waals surface area contributed by atoms with Gasteiger partial charge >= 0.3 is 0 Å². The molecule has 5 N–H and O–H groups in total. The Labute approximate surface area is 231 Å². The third kappa shape index (κ3) is 9.18. The van der Waals surface area contributed by atoms with Crippen molar-refractivity contribution in [2.45, 2.75) is 82.8 Å². The molecule has 3 rings (SSSR count). The Bertz CT molecular complexity index is 1040. The third-order valence-electron chi connectivity index (χ3n) is 7.95. The Morgan fingerprint density at radius 3 is 2.08 bits per heavy atom. The molecule has 0 aliphatic heterocycles. The normalized spacial score (nSPS) is 16.9. The number of hydrogen-bond donors (Lipinski definition) is 5. The van der Waals surface area contributed by atoms with E-state index < -0.39 is 29.4 Å². The molecule has 3 atom stereocenters. The second-order valence-corrected chi connectivity index (χ2v) is 10.8. The first-order chi connectivity index (χ1) is 18.8. The number of aryl methyl sites for hydroxylation is 1. The van der Waals surface area contributed by atoms with E-state index in [1.165, 1.54) is 13.3 Å². The van der Waals surface area contributed by atoms with Crippen molar-refractivity contribution in [2.75, 3.05) is 6.54 Å². The van der Waals surface area contributed by atoms with E-state index >= 15 is 0 Å². The highest BCUT2D eigenvalue weighted by Crippen LogP contribution is 2.29. The largest absolute Gasteiger partial charge is 0.379 e. The van der Waals surface area contributed by atoms with Crippen LogP contribution >= 0.6 is 0 Å². The topological polar surface area (TPSA) is 128 Å². The van der Waals surface area contributed by atoms with Gasteiger partial charge in [0.15, 0.2) is 5.60 Å². The predicted molar refractivity (Wildman–Crippen MR) is 150 cm³/mol. The molecule has 8 nitrogen and oxygen atoms in total. The van der Waals surface area contributed by atoms with Crippen molar-refractivity contribution in [1.82, 2.24) is 16.1 Å². The van der Waals surface area contributed by atoms with E-state index in [1.54, 1.807) is 5.48 Å². The Morgan fingerprint density at radius 1 is 0.897 bits per heavy atom. The Hall–Kier alpha value is -3.23. The maximum Gasteiger partial charge on any atom is 0.253 e. The number of aliphatic hydroxyl groups is 1. The Balaban J connectivity index is 1.71. The lowest BCUT2D eigenvalue weighted by Crippen LogP contribution is -2.59. The summed E-state index contributed by atoms with van der Waals surface area (Å²) >= 11 is 0. The van der Waals surface area contributed by atoms with Crippen molar-refractivity contribution in [3.8, 4) is 0 Å². The SMILES string of the molecule is C[C@H](C(=O)NO)[C@@](O)(CCCc1ccccc1)C(=O)N[C@@H](CC1CCCCC1)C(=O)NCCc1ccccc1. The van der Waals surface area contributed by atoms with Gasteiger partial charge in [0, 0.05) is 6.54 Å². The fourth-order valence-corrected chi connectivity index (χ4v) is 5.42. The molecule has 0 unspecified atom stereocenters. The lowest BCUT2D eigenvalue weighted by atomic mass is 9.81. The van der Waals surface area contributed by atoms with Gasteiger partial charge in [-0.05, 0) is 49.1 Å². The van der Waals surface area contributed by atoms with Crippen molar-refractivity contribution < 1.29 is 24.7 Å². The molecule has 39 heavy (non-hydrogen) atoms. The molecule has 0 bridgehead atoms. The average Bonchev–Trinajstić information content (AvgIpc) is 2.97. The molecular weight excluding hydrogens is 494 g/mol. The number of amides is 3. The van der Waals surface area contributed by atoms with Gasteiger partial charge in [0.2, 0.25) is 11.8 Å². The number of rotatable bonds is 14. The van der Waals surface area contributed by atoms with Gasteiger partial charge in [-0.1, -0.05) is 99.7 Å². The summed E-state index contributed by atoms with van der Waals surface area (Å²) in [5.41, 5.74) is 1.61. The van der Waals surface area contributed by atoms with Gasteiger partial charge in [0.1, 0.15) is 6.04 Å². The number of nitrogens with one attached hydrogen (secondary N) is 3. The van der Waals surface area contributed by atoms with Crippen LogP contribution in [0.2, 0.25) is 0 Å². The van der Waals surface area contributed by atoms with Crippen molar-refractivity contribution in [2.24, 2.45) is 11.8 Å². The van der Waals surface area contributed by atoms with Gasteiger partial charge in [-0.15, -0.1) is 0 Å². The quantitative estimate of drug-likeness (QED) is 0.186. The van der Waals surface area contributed by atoms with E-state index in [0.29, 0.717) is 38.1 Å². The Morgan fingerprint density at radius 2 is 1.49 bits per heavy atom. The summed E-state index contributed by atoms with van der Waals surface area (Å²) in [6.07, 6.45) is 7.53. The maximum absolute atomic E-state index is 13.6. The van der Waals surface area contributed by atoms with Crippen LogP contribution in [0.4, 0.5) is 0 Å².